The van der Waals surface area contributed by atoms with Crippen LogP contribution in [-0.2, 0) is 0 Å². The van der Waals surface area contributed by atoms with Crippen LogP contribution in [0.15, 0.2) is 46.6 Å². The summed E-state index contributed by atoms with van der Waals surface area (Å²) in [6.07, 6.45) is 5.36. The topological polar surface area (TPSA) is 72.7 Å². The van der Waals surface area contributed by atoms with E-state index in [1.807, 2.05) is 25.5 Å². The summed E-state index contributed by atoms with van der Waals surface area (Å²) in [4.78, 5) is 22.5. The Morgan fingerprint density at radius 3 is 2.57 bits per heavy atom. The summed E-state index contributed by atoms with van der Waals surface area (Å²) in [7, 11) is 0. The monoisotopic (exact) mass is 453 g/mol. The molecule has 1 amide bonds. The smallest absolute Gasteiger partial charge is 0.251 e. The summed E-state index contributed by atoms with van der Waals surface area (Å²) in [5.74, 6) is 0.898. The summed E-state index contributed by atoms with van der Waals surface area (Å²) in [5.41, 5.74) is 0.490. The number of amides is 1. The number of hydrogen-bond acceptors (Lipinski definition) is 6. The van der Waals surface area contributed by atoms with Gasteiger partial charge >= 0.3 is 0 Å². The van der Waals surface area contributed by atoms with Crippen molar-refractivity contribution in [2.75, 3.05) is 12.5 Å². The highest BCUT2D eigenvalue weighted by atomic mass is 35.5. The minimum absolute atomic E-state index is 0.241. The van der Waals surface area contributed by atoms with E-state index in [0.29, 0.717) is 32.4 Å². The predicted molar refractivity (Wildman–Crippen MR) is 115 cm³/mol. The van der Waals surface area contributed by atoms with Gasteiger partial charge in [-0.05, 0) is 49.8 Å². The number of thioether (sulfide) groups is 2. The molecule has 0 aliphatic heterocycles. The average molecular weight is 454 g/mol. The molecule has 6 nitrogen and oxygen atoms in total. The maximum Gasteiger partial charge on any atom is 0.251 e. The van der Waals surface area contributed by atoms with Gasteiger partial charge in [-0.15, -0.1) is 16.9 Å². The van der Waals surface area contributed by atoms with Gasteiger partial charge in [0.2, 0.25) is 5.16 Å². The van der Waals surface area contributed by atoms with E-state index in [9.17, 15) is 4.79 Å². The zero-order valence-electron chi connectivity index (χ0n) is 15.3. The van der Waals surface area contributed by atoms with Crippen LogP contribution >= 0.6 is 46.7 Å². The van der Waals surface area contributed by atoms with Crippen LogP contribution < -0.4 is 5.32 Å². The number of pyridine rings is 1. The summed E-state index contributed by atoms with van der Waals surface area (Å²) in [6.45, 7) is 1.85. The Bertz CT molecular complexity index is 994. The molecule has 1 unspecified atom stereocenters. The number of hydrogen-bond donors (Lipinski definition) is 1. The van der Waals surface area contributed by atoms with E-state index in [1.54, 1.807) is 35.1 Å². The van der Waals surface area contributed by atoms with Gasteiger partial charge in [-0.1, -0.05) is 35.0 Å². The molecule has 0 radical (unpaired) electrons. The third kappa shape index (κ3) is 4.81. The van der Waals surface area contributed by atoms with Gasteiger partial charge in [-0.2, -0.15) is 4.68 Å². The van der Waals surface area contributed by atoms with Crippen molar-refractivity contribution in [3.8, 4) is 5.82 Å². The molecule has 0 spiro atoms. The minimum atomic E-state index is -0.407. The van der Waals surface area contributed by atoms with Crippen LogP contribution in [0.5, 0.6) is 0 Å². The summed E-state index contributed by atoms with van der Waals surface area (Å²) < 4.78 is 1.61. The Kier molecular flexibility index (Phi) is 6.87. The Morgan fingerprint density at radius 1 is 1.14 bits per heavy atom. The number of carbonyl (C=O) groups excluding carboxylic acids is 1. The van der Waals surface area contributed by atoms with Crippen molar-refractivity contribution < 1.29 is 4.79 Å². The predicted octanol–water partition coefficient (Wildman–Crippen LogP) is 4.90. The SMILES string of the molecule is CSc1cc(Cl)cc(C(=O)NC(C)c2nc(SC)nn2-c2ccc(Cl)cn2)c1. The molecule has 0 saturated heterocycles. The van der Waals surface area contributed by atoms with Crippen molar-refractivity contribution in [1.82, 2.24) is 25.1 Å². The number of nitrogens with zero attached hydrogens (tertiary/aromatic N) is 4. The lowest BCUT2D eigenvalue weighted by atomic mass is 10.2. The summed E-state index contributed by atoms with van der Waals surface area (Å²) >= 11 is 15.0. The number of benzene rings is 1. The van der Waals surface area contributed by atoms with E-state index in [0.717, 1.165) is 4.90 Å². The quantitative estimate of drug-likeness (QED) is 0.534. The van der Waals surface area contributed by atoms with Crippen LogP contribution in [-0.4, -0.2) is 38.2 Å². The first-order chi connectivity index (χ1) is 13.4. The Balaban J connectivity index is 1.89. The van der Waals surface area contributed by atoms with Crippen molar-refractivity contribution in [3.63, 3.8) is 0 Å². The van der Waals surface area contributed by atoms with Gasteiger partial charge in [0.15, 0.2) is 11.6 Å². The van der Waals surface area contributed by atoms with E-state index in [4.69, 9.17) is 23.2 Å². The number of rotatable bonds is 6. The summed E-state index contributed by atoms with van der Waals surface area (Å²) in [6, 6.07) is 8.34. The lowest BCUT2D eigenvalue weighted by Crippen LogP contribution is -2.28. The molecule has 28 heavy (non-hydrogen) atoms. The van der Waals surface area contributed by atoms with Gasteiger partial charge in [-0.3, -0.25) is 4.79 Å². The molecule has 0 saturated carbocycles. The van der Waals surface area contributed by atoms with Crippen LogP contribution in [0.4, 0.5) is 0 Å². The number of halogens is 2. The van der Waals surface area contributed by atoms with Gasteiger partial charge in [0.05, 0.1) is 11.1 Å². The normalized spacial score (nSPS) is 12.0. The van der Waals surface area contributed by atoms with Crippen LogP contribution in [0.2, 0.25) is 10.0 Å². The zero-order chi connectivity index (χ0) is 20.3. The van der Waals surface area contributed by atoms with Crippen LogP contribution in [0, 0.1) is 0 Å². The highest BCUT2D eigenvalue weighted by Crippen LogP contribution is 2.24. The van der Waals surface area contributed by atoms with Crippen LogP contribution in [0.25, 0.3) is 5.82 Å². The van der Waals surface area contributed by atoms with Gasteiger partial charge in [0, 0.05) is 21.7 Å². The van der Waals surface area contributed by atoms with Crippen molar-refractivity contribution in [2.45, 2.75) is 23.0 Å². The maximum absolute atomic E-state index is 12.7. The van der Waals surface area contributed by atoms with Gasteiger partial charge < -0.3 is 5.32 Å². The van der Waals surface area contributed by atoms with Gasteiger partial charge in [0.1, 0.15) is 0 Å². The number of carbonyl (C=O) groups is 1. The molecule has 1 N–H and O–H groups in total. The lowest BCUT2D eigenvalue weighted by Gasteiger charge is -2.15. The fourth-order valence-corrected chi connectivity index (χ4v) is 3.74. The molecule has 2 heterocycles. The molecule has 1 atom stereocenters. The second-order valence-corrected chi connectivity index (χ2v) is 8.30. The first kappa shape index (κ1) is 21.0. The van der Waals surface area contributed by atoms with Gasteiger partial charge in [0.25, 0.3) is 5.91 Å². The Hall–Kier alpha value is -1.74. The fraction of sp³-hybridized carbons (Fsp3) is 0.222. The first-order valence-corrected chi connectivity index (χ1v) is 11.4. The molecule has 146 valence electrons. The molecule has 1 aromatic carbocycles. The van der Waals surface area contributed by atoms with E-state index in [1.165, 1.54) is 23.5 Å². The fourth-order valence-electron chi connectivity index (χ4n) is 2.49. The minimum Gasteiger partial charge on any atom is -0.342 e. The van der Waals surface area contributed by atoms with E-state index in [-0.39, 0.29) is 5.91 Å². The molecule has 0 aliphatic carbocycles. The third-order valence-electron chi connectivity index (χ3n) is 3.83. The van der Waals surface area contributed by atoms with E-state index >= 15 is 0 Å². The second kappa shape index (κ2) is 9.17. The van der Waals surface area contributed by atoms with Crippen LogP contribution in [0.3, 0.4) is 0 Å². The van der Waals surface area contributed by atoms with Gasteiger partial charge in [-0.25, -0.2) is 9.97 Å². The molecular weight excluding hydrogens is 437 g/mol. The molecule has 3 rings (SSSR count). The van der Waals surface area contributed by atoms with Crippen molar-refractivity contribution in [2.24, 2.45) is 0 Å². The Labute approximate surface area is 181 Å². The average Bonchev–Trinajstić information content (AvgIpc) is 3.12. The molecule has 0 bridgehead atoms. The standard InChI is InChI=1S/C18H17Cl2N5OS2/c1-10(22-17(26)11-6-13(20)8-14(7-11)27-2)16-23-18(28-3)24-25(16)15-5-4-12(19)9-21-15/h4-10H,1-3H3,(H,22,26). The highest BCUT2D eigenvalue weighted by molar-refractivity contribution is 7.98. The molecular formula is C18H17Cl2N5OS2. The largest absolute Gasteiger partial charge is 0.342 e. The van der Waals surface area contributed by atoms with Crippen molar-refractivity contribution in [3.05, 3.63) is 58.0 Å². The molecule has 2 aromatic heterocycles. The molecule has 0 fully saturated rings. The Morgan fingerprint density at radius 2 is 1.93 bits per heavy atom. The zero-order valence-corrected chi connectivity index (χ0v) is 18.5. The van der Waals surface area contributed by atoms with E-state index < -0.39 is 6.04 Å². The molecule has 3 aromatic rings. The number of nitrogens with one attached hydrogen (secondary N) is 1. The first-order valence-electron chi connectivity index (χ1n) is 8.19. The highest BCUT2D eigenvalue weighted by Gasteiger charge is 2.21. The number of aromatic nitrogens is 4. The molecule has 10 heteroatoms. The second-order valence-electron chi connectivity index (χ2n) is 5.78. The maximum atomic E-state index is 12.7. The third-order valence-corrected chi connectivity index (χ3v) is 5.52. The van der Waals surface area contributed by atoms with E-state index in [2.05, 4.69) is 20.4 Å². The van der Waals surface area contributed by atoms with Crippen LogP contribution in [0.1, 0.15) is 29.1 Å². The van der Waals surface area contributed by atoms with Crippen molar-refractivity contribution >= 4 is 52.6 Å². The lowest BCUT2D eigenvalue weighted by molar-refractivity contribution is 0.0937. The van der Waals surface area contributed by atoms with Crippen molar-refractivity contribution in [1.29, 1.82) is 0 Å². The summed E-state index contributed by atoms with van der Waals surface area (Å²) in [5, 5.41) is 9.05. The molecule has 0 aliphatic rings.